The average molecular weight is 428 g/mol. The zero-order valence-electron chi connectivity index (χ0n) is 19.5. The summed E-state index contributed by atoms with van der Waals surface area (Å²) >= 11 is 0. The molecule has 5 heteroatoms. The average Bonchev–Trinajstić information content (AvgIpc) is 2.85. The van der Waals surface area contributed by atoms with E-state index in [1.165, 1.54) is 22.3 Å². The number of hydrogen-bond acceptors (Lipinski definition) is 5. The summed E-state index contributed by atoms with van der Waals surface area (Å²) in [5.41, 5.74) is 7.91. The van der Waals surface area contributed by atoms with Gasteiger partial charge in [0.1, 0.15) is 6.33 Å². The zero-order valence-corrected chi connectivity index (χ0v) is 19.5. The molecule has 0 bridgehead atoms. The number of hydrogen-bond donors (Lipinski definition) is 0. The fourth-order valence-corrected chi connectivity index (χ4v) is 4.57. The summed E-state index contributed by atoms with van der Waals surface area (Å²) in [4.78, 5) is 17.8. The quantitative estimate of drug-likeness (QED) is 0.659. The van der Waals surface area contributed by atoms with Crippen molar-refractivity contribution in [2.45, 2.75) is 39.5 Å². The SMILES string of the molecule is C=C(c1cc(CC)ccc1CC)C1CCCN(C2=NC(c3ccncn3)=CC(=C)N2C)C1. The van der Waals surface area contributed by atoms with Crippen LogP contribution in [-0.2, 0) is 12.8 Å². The van der Waals surface area contributed by atoms with Gasteiger partial charge in [-0.25, -0.2) is 15.0 Å². The summed E-state index contributed by atoms with van der Waals surface area (Å²) in [5, 5.41) is 0. The summed E-state index contributed by atoms with van der Waals surface area (Å²) < 4.78 is 0. The highest BCUT2D eigenvalue weighted by Gasteiger charge is 2.29. The zero-order chi connectivity index (χ0) is 22.7. The molecule has 32 heavy (non-hydrogen) atoms. The summed E-state index contributed by atoms with van der Waals surface area (Å²) in [6.07, 6.45) is 9.63. The molecule has 4 rings (SSSR count). The first-order valence-electron chi connectivity index (χ1n) is 11.6. The second kappa shape index (κ2) is 9.51. The number of aromatic nitrogens is 2. The lowest BCUT2D eigenvalue weighted by molar-refractivity contribution is 0.275. The van der Waals surface area contributed by atoms with Crippen molar-refractivity contribution in [1.82, 2.24) is 19.8 Å². The maximum Gasteiger partial charge on any atom is 0.206 e. The van der Waals surface area contributed by atoms with Crippen LogP contribution in [-0.4, -0.2) is 45.9 Å². The Morgan fingerprint density at radius 3 is 2.75 bits per heavy atom. The minimum absolute atomic E-state index is 0.402. The summed E-state index contributed by atoms with van der Waals surface area (Å²) in [7, 11) is 2.03. The first-order chi connectivity index (χ1) is 15.5. The van der Waals surface area contributed by atoms with Crippen molar-refractivity contribution in [3.05, 3.63) is 84.1 Å². The van der Waals surface area contributed by atoms with Crippen molar-refractivity contribution in [1.29, 1.82) is 0 Å². The van der Waals surface area contributed by atoms with Gasteiger partial charge in [0.2, 0.25) is 5.96 Å². The number of allylic oxidation sites excluding steroid dienone is 1. The molecule has 0 aliphatic carbocycles. The van der Waals surface area contributed by atoms with E-state index in [0.717, 1.165) is 61.8 Å². The molecule has 0 amide bonds. The largest absolute Gasteiger partial charge is 0.342 e. The number of guanidine groups is 1. The molecule has 2 aromatic rings. The number of rotatable bonds is 5. The molecule has 1 aromatic carbocycles. The Morgan fingerprint density at radius 2 is 2.03 bits per heavy atom. The van der Waals surface area contributed by atoms with Crippen molar-refractivity contribution in [2.75, 3.05) is 20.1 Å². The standard InChI is InChI=1S/C27H33N5/c1-6-21-10-11-22(7-2)24(16-21)20(4)23-9-8-14-32(17-23)27-30-26(15-19(3)31(27)5)25-12-13-28-18-29-25/h10-13,15-16,18,23H,3-4,6-9,14,17H2,1-2,5H3. The van der Waals surface area contributed by atoms with Crippen LogP contribution in [0.15, 0.2) is 66.7 Å². The third kappa shape index (κ3) is 4.38. The highest BCUT2D eigenvalue weighted by atomic mass is 15.4. The van der Waals surface area contributed by atoms with Crippen LogP contribution in [0.25, 0.3) is 11.3 Å². The Balaban J connectivity index is 1.60. The van der Waals surface area contributed by atoms with Crippen LogP contribution in [0.1, 0.15) is 49.1 Å². The normalized spacial score (nSPS) is 19.0. The summed E-state index contributed by atoms with van der Waals surface area (Å²) in [5.74, 6) is 1.33. The Morgan fingerprint density at radius 1 is 1.19 bits per heavy atom. The van der Waals surface area contributed by atoms with E-state index in [4.69, 9.17) is 4.99 Å². The van der Waals surface area contributed by atoms with Gasteiger partial charge in [0.25, 0.3) is 0 Å². The number of piperidine rings is 1. The molecule has 1 saturated heterocycles. The molecule has 3 heterocycles. The van der Waals surface area contributed by atoms with Gasteiger partial charge in [0.15, 0.2) is 0 Å². The van der Waals surface area contributed by atoms with Crippen molar-refractivity contribution >= 4 is 17.2 Å². The first-order valence-corrected chi connectivity index (χ1v) is 11.6. The van der Waals surface area contributed by atoms with Crippen LogP contribution in [0.4, 0.5) is 0 Å². The van der Waals surface area contributed by atoms with Crippen LogP contribution in [0.2, 0.25) is 0 Å². The Bertz CT molecular complexity index is 1070. The molecule has 2 aliphatic rings. The van der Waals surface area contributed by atoms with Gasteiger partial charge in [-0.15, -0.1) is 0 Å². The lowest BCUT2D eigenvalue weighted by Gasteiger charge is -2.40. The minimum Gasteiger partial charge on any atom is -0.342 e. The van der Waals surface area contributed by atoms with E-state index in [2.05, 4.69) is 65.0 Å². The van der Waals surface area contributed by atoms with E-state index in [-0.39, 0.29) is 0 Å². The van der Waals surface area contributed by atoms with Gasteiger partial charge < -0.3 is 9.80 Å². The van der Waals surface area contributed by atoms with E-state index in [1.807, 2.05) is 19.2 Å². The van der Waals surface area contributed by atoms with Crippen LogP contribution in [0, 0.1) is 5.92 Å². The van der Waals surface area contributed by atoms with Gasteiger partial charge in [-0.2, -0.15) is 0 Å². The Hall–Kier alpha value is -3.21. The maximum atomic E-state index is 4.98. The highest BCUT2D eigenvalue weighted by molar-refractivity contribution is 5.91. The molecule has 0 radical (unpaired) electrons. The molecular weight excluding hydrogens is 394 g/mol. The lowest BCUT2D eigenvalue weighted by Crippen LogP contribution is -2.47. The number of nitrogens with zero attached hydrogens (tertiary/aromatic N) is 5. The van der Waals surface area contributed by atoms with Crippen LogP contribution in [0.5, 0.6) is 0 Å². The second-order valence-electron chi connectivity index (χ2n) is 8.60. The fraction of sp³-hybridized carbons (Fsp3) is 0.370. The minimum atomic E-state index is 0.402. The van der Waals surface area contributed by atoms with Gasteiger partial charge in [-0.05, 0) is 60.1 Å². The van der Waals surface area contributed by atoms with E-state index in [1.54, 1.807) is 12.5 Å². The molecule has 0 saturated carbocycles. The smallest absolute Gasteiger partial charge is 0.206 e. The third-order valence-corrected chi connectivity index (χ3v) is 6.61. The number of aliphatic imine (C=N–C) groups is 1. The third-order valence-electron chi connectivity index (χ3n) is 6.61. The molecule has 1 atom stereocenters. The van der Waals surface area contributed by atoms with Gasteiger partial charge in [-0.3, -0.25) is 0 Å². The van der Waals surface area contributed by atoms with Gasteiger partial charge in [0, 0.05) is 37.9 Å². The fourth-order valence-electron chi connectivity index (χ4n) is 4.57. The molecule has 2 aliphatic heterocycles. The Labute approximate surface area is 191 Å². The summed E-state index contributed by atoms with van der Waals surface area (Å²) in [6.45, 7) is 15.1. The first kappa shape index (κ1) is 22.0. The van der Waals surface area contributed by atoms with Gasteiger partial charge in [-0.1, -0.05) is 45.2 Å². The molecule has 5 nitrogen and oxygen atoms in total. The predicted octanol–water partition coefficient (Wildman–Crippen LogP) is 5.18. The monoisotopic (exact) mass is 427 g/mol. The van der Waals surface area contributed by atoms with Crippen molar-refractivity contribution in [2.24, 2.45) is 10.9 Å². The van der Waals surface area contributed by atoms with E-state index < -0.39 is 0 Å². The Kier molecular flexibility index (Phi) is 6.54. The van der Waals surface area contributed by atoms with Gasteiger partial charge in [0.05, 0.1) is 11.4 Å². The molecule has 1 unspecified atom stereocenters. The van der Waals surface area contributed by atoms with Crippen molar-refractivity contribution in [3.63, 3.8) is 0 Å². The topological polar surface area (TPSA) is 44.6 Å². The number of aryl methyl sites for hydroxylation is 2. The number of benzene rings is 1. The number of likely N-dealkylation sites (tertiary alicyclic amines) is 1. The molecule has 0 N–H and O–H groups in total. The van der Waals surface area contributed by atoms with E-state index >= 15 is 0 Å². The molecule has 166 valence electrons. The molecular formula is C27H33N5. The lowest BCUT2D eigenvalue weighted by atomic mass is 9.84. The highest BCUT2D eigenvalue weighted by Crippen LogP contribution is 2.34. The number of likely N-dealkylation sites (N-methyl/N-ethyl adjacent to an activating group) is 1. The van der Waals surface area contributed by atoms with Crippen LogP contribution in [0.3, 0.4) is 0 Å². The van der Waals surface area contributed by atoms with Gasteiger partial charge >= 0.3 is 0 Å². The molecule has 1 fully saturated rings. The summed E-state index contributed by atoms with van der Waals surface area (Å²) in [6, 6.07) is 8.77. The van der Waals surface area contributed by atoms with E-state index in [0.29, 0.717) is 5.92 Å². The van der Waals surface area contributed by atoms with Crippen LogP contribution >= 0.6 is 0 Å². The second-order valence-corrected chi connectivity index (χ2v) is 8.60. The van der Waals surface area contributed by atoms with Crippen molar-refractivity contribution in [3.8, 4) is 0 Å². The van der Waals surface area contributed by atoms with Crippen LogP contribution < -0.4 is 0 Å². The molecule has 1 aromatic heterocycles. The van der Waals surface area contributed by atoms with E-state index in [9.17, 15) is 0 Å². The van der Waals surface area contributed by atoms with Crippen molar-refractivity contribution < 1.29 is 0 Å². The molecule has 0 spiro atoms. The predicted molar refractivity (Wildman–Crippen MR) is 133 cm³/mol. The maximum absolute atomic E-state index is 4.98.